The average Bonchev–Trinajstić information content (AvgIpc) is 3.23. The van der Waals surface area contributed by atoms with Gasteiger partial charge in [-0.15, -0.1) is 11.3 Å². The first-order valence-corrected chi connectivity index (χ1v) is 8.26. The molecule has 1 amide bonds. The van der Waals surface area contributed by atoms with Crippen molar-refractivity contribution in [1.82, 2.24) is 24.4 Å². The summed E-state index contributed by atoms with van der Waals surface area (Å²) >= 11 is 1.70. The van der Waals surface area contributed by atoms with E-state index in [1.807, 2.05) is 19.2 Å². The quantitative estimate of drug-likeness (QED) is 0.725. The van der Waals surface area contributed by atoms with Crippen LogP contribution in [0.1, 0.15) is 22.0 Å². The van der Waals surface area contributed by atoms with Crippen molar-refractivity contribution in [1.29, 1.82) is 0 Å². The Morgan fingerprint density at radius 3 is 2.83 bits per heavy atom. The third kappa shape index (κ3) is 2.53. The maximum atomic E-state index is 12.5. The molecule has 3 aromatic rings. The minimum absolute atomic E-state index is 0.0931. The number of hydrogen-bond acceptors (Lipinski definition) is 5. The van der Waals surface area contributed by atoms with Crippen LogP contribution in [0, 0.1) is 6.92 Å². The molecule has 0 radical (unpaired) electrons. The van der Waals surface area contributed by atoms with Crippen molar-refractivity contribution in [2.75, 3.05) is 6.54 Å². The second-order valence-corrected chi connectivity index (χ2v) is 6.41. The third-order valence-electron chi connectivity index (χ3n) is 3.92. The lowest BCUT2D eigenvalue weighted by Gasteiger charge is -2.28. The molecule has 1 aliphatic heterocycles. The first-order chi connectivity index (χ1) is 11.2. The SMILES string of the molecule is Cc1cnc(C(=O)N2CCn3c(-c4cccs4)cnc3C2)cn1. The van der Waals surface area contributed by atoms with Crippen molar-refractivity contribution in [2.24, 2.45) is 0 Å². The molecule has 1 aliphatic rings. The van der Waals surface area contributed by atoms with Gasteiger partial charge in [0.05, 0.1) is 35.2 Å². The Labute approximate surface area is 137 Å². The Morgan fingerprint density at radius 2 is 2.09 bits per heavy atom. The molecule has 0 fully saturated rings. The summed E-state index contributed by atoms with van der Waals surface area (Å²) in [6, 6.07) is 4.13. The van der Waals surface area contributed by atoms with E-state index in [9.17, 15) is 4.79 Å². The first kappa shape index (κ1) is 14.1. The number of hydrogen-bond donors (Lipinski definition) is 0. The average molecular weight is 325 g/mol. The van der Waals surface area contributed by atoms with Crippen LogP contribution in [0.3, 0.4) is 0 Å². The van der Waals surface area contributed by atoms with Crippen molar-refractivity contribution in [2.45, 2.75) is 20.0 Å². The summed E-state index contributed by atoms with van der Waals surface area (Å²) in [7, 11) is 0. The molecule has 3 aromatic heterocycles. The largest absolute Gasteiger partial charge is 0.328 e. The molecule has 0 N–H and O–H groups in total. The molecular weight excluding hydrogens is 310 g/mol. The highest BCUT2D eigenvalue weighted by Crippen LogP contribution is 2.27. The van der Waals surface area contributed by atoms with E-state index in [2.05, 4.69) is 31.0 Å². The Balaban J connectivity index is 1.57. The zero-order valence-corrected chi connectivity index (χ0v) is 13.5. The van der Waals surface area contributed by atoms with Crippen LogP contribution in [0.25, 0.3) is 10.6 Å². The summed E-state index contributed by atoms with van der Waals surface area (Å²) in [6.45, 7) is 3.74. The van der Waals surface area contributed by atoms with Gasteiger partial charge in [0.1, 0.15) is 11.5 Å². The predicted octanol–water partition coefficient (Wildman–Crippen LogP) is 2.37. The van der Waals surface area contributed by atoms with Gasteiger partial charge in [-0.3, -0.25) is 9.78 Å². The summed E-state index contributed by atoms with van der Waals surface area (Å²) < 4.78 is 2.19. The van der Waals surface area contributed by atoms with Crippen LogP contribution in [0.5, 0.6) is 0 Å². The van der Waals surface area contributed by atoms with Crippen LogP contribution in [-0.4, -0.2) is 36.9 Å². The number of imidazole rings is 1. The van der Waals surface area contributed by atoms with Gasteiger partial charge < -0.3 is 9.47 Å². The molecule has 0 aromatic carbocycles. The Morgan fingerprint density at radius 1 is 1.17 bits per heavy atom. The predicted molar refractivity (Wildman–Crippen MR) is 87.0 cm³/mol. The van der Waals surface area contributed by atoms with E-state index in [0.717, 1.165) is 23.8 Å². The first-order valence-electron chi connectivity index (χ1n) is 7.38. The fourth-order valence-electron chi connectivity index (χ4n) is 2.72. The number of nitrogens with zero attached hydrogens (tertiary/aromatic N) is 5. The fraction of sp³-hybridized carbons (Fsp3) is 0.250. The van der Waals surface area contributed by atoms with Gasteiger partial charge in [0, 0.05) is 19.3 Å². The molecule has 6 nitrogen and oxygen atoms in total. The van der Waals surface area contributed by atoms with Crippen molar-refractivity contribution in [3.05, 3.63) is 53.3 Å². The highest BCUT2D eigenvalue weighted by atomic mass is 32.1. The smallest absolute Gasteiger partial charge is 0.274 e. The molecule has 7 heteroatoms. The van der Waals surface area contributed by atoms with Crippen LogP contribution in [0.4, 0.5) is 0 Å². The fourth-order valence-corrected chi connectivity index (χ4v) is 3.46. The molecule has 0 saturated carbocycles. The zero-order valence-electron chi connectivity index (χ0n) is 12.6. The van der Waals surface area contributed by atoms with Gasteiger partial charge in [0.25, 0.3) is 5.91 Å². The van der Waals surface area contributed by atoms with Gasteiger partial charge in [0.15, 0.2) is 0 Å². The van der Waals surface area contributed by atoms with E-state index in [4.69, 9.17) is 0 Å². The van der Waals surface area contributed by atoms with Gasteiger partial charge in [-0.25, -0.2) is 9.97 Å². The lowest BCUT2D eigenvalue weighted by Crippen LogP contribution is -2.39. The van der Waals surface area contributed by atoms with E-state index < -0.39 is 0 Å². The topological polar surface area (TPSA) is 63.9 Å². The monoisotopic (exact) mass is 325 g/mol. The number of fused-ring (bicyclic) bond motifs is 1. The van der Waals surface area contributed by atoms with Crippen molar-refractivity contribution in [3.8, 4) is 10.6 Å². The number of carbonyl (C=O) groups is 1. The van der Waals surface area contributed by atoms with Gasteiger partial charge in [-0.1, -0.05) is 6.07 Å². The van der Waals surface area contributed by atoms with Crippen LogP contribution in [0.15, 0.2) is 36.1 Å². The second-order valence-electron chi connectivity index (χ2n) is 5.46. The highest BCUT2D eigenvalue weighted by molar-refractivity contribution is 7.13. The molecule has 4 rings (SSSR count). The maximum Gasteiger partial charge on any atom is 0.274 e. The van der Waals surface area contributed by atoms with E-state index >= 15 is 0 Å². The standard InChI is InChI=1S/C16H15N5OS/c1-11-7-18-12(8-17-11)16(22)20-4-5-21-13(9-19-15(21)10-20)14-3-2-6-23-14/h2-3,6-9H,4-5,10H2,1H3. The number of carbonyl (C=O) groups excluding carboxylic acids is 1. The number of aryl methyl sites for hydroxylation is 1. The van der Waals surface area contributed by atoms with Gasteiger partial charge in [0.2, 0.25) is 0 Å². The second kappa shape index (κ2) is 5.58. The summed E-state index contributed by atoms with van der Waals surface area (Å²) in [4.78, 5) is 28.3. The summed E-state index contributed by atoms with van der Waals surface area (Å²) in [6.07, 6.45) is 5.05. The summed E-state index contributed by atoms with van der Waals surface area (Å²) in [5, 5.41) is 2.06. The molecule has 0 bridgehead atoms. The zero-order chi connectivity index (χ0) is 15.8. The lowest BCUT2D eigenvalue weighted by atomic mass is 10.3. The highest BCUT2D eigenvalue weighted by Gasteiger charge is 2.25. The Kier molecular flexibility index (Phi) is 3.42. The lowest BCUT2D eigenvalue weighted by molar-refractivity contribution is 0.0701. The van der Waals surface area contributed by atoms with Gasteiger partial charge in [-0.2, -0.15) is 0 Å². The van der Waals surface area contributed by atoms with Gasteiger partial charge >= 0.3 is 0 Å². The minimum atomic E-state index is -0.0931. The van der Waals surface area contributed by atoms with Crippen LogP contribution in [-0.2, 0) is 13.1 Å². The van der Waals surface area contributed by atoms with Crippen molar-refractivity contribution in [3.63, 3.8) is 0 Å². The number of thiophene rings is 1. The van der Waals surface area contributed by atoms with Crippen LogP contribution >= 0.6 is 11.3 Å². The maximum absolute atomic E-state index is 12.5. The number of amides is 1. The van der Waals surface area contributed by atoms with E-state index in [0.29, 0.717) is 18.8 Å². The molecular formula is C16H15N5OS. The van der Waals surface area contributed by atoms with Crippen molar-refractivity contribution < 1.29 is 4.79 Å². The van der Waals surface area contributed by atoms with E-state index in [1.54, 1.807) is 22.4 Å². The molecule has 23 heavy (non-hydrogen) atoms. The molecule has 0 aliphatic carbocycles. The van der Waals surface area contributed by atoms with Crippen LogP contribution < -0.4 is 0 Å². The summed E-state index contributed by atoms with van der Waals surface area (Å²) in [5.41, 5.74) is 2.31. The van der Waals surface area contributed by atoms with E-state index in [1.165, 1.54) is 11.1 Å². The number of rotatable bonds is 2. The molecule has 0 unspecified atom stereocenters. The molecule has 0 spiro atoms. The number of aromatic nitrogens is 4. The molecule has 0 saturated heterocycles. The Hall–Kier alpha value is -2.54. The third-order valence-corrected chi connectivity index (χ3v) is 4.82. The van der Waals surface area contributed by atoms with Crippen molar-refractivity contribution >= 4 is 17.2 Å². The van der Waals surface area contributed by atoms with Gasteiger partial charge in [-0.05, 0) is 18.4 Å². The Bertz CT molecular complexity index is 838. The normalized spacial score (nSPS) is 13.9. The minimum Gasteiger partial charge on any atom is -0.328 e. The molecule has 116 valence electrons. The van der Waals surface area contributed by atoms with Crippen LogP contribution in [0.2, 0.25) is 0 Å². The summed E-state index contributed by atoms with van der Waals surface area (Å²) in [5.74, 6) is 0.817. The molecule has 0 atom stereocenters. The van der Waals surface area contributed by atoms with E-state index in [-0.39, 0.29) is 5.91 Å². The molecule has 4 heterocycles.